The second-order valence-corrected chi connectivity index (χ2v) is 10.6. The Hall–Kier alpha value is -0.450. The van der Waals surface area contributed by atoms with Crippen LogP contribution in [0.1, 0.15) is 65.2 Å². The number of unbranched alkanes of at least 4 members (excludes halogenated alkanes) is 7. The highest BCUT2D eigenvalue weighted by Gasteiger charge is 2.45. The number of ether oxygens (including phenoxy) is 1. The summed E-state index contributed by atoms with van der Waals surface area (Å²) in [6.07, 6.45) is 6.01. The number of hydrogen-bond acceptors (Lipinski definition) is 7. The third-order valence-electron chi connectivity index (χ3n) is 5.21. The van der Waals surface area contributed by atoms with Gasteiger partial charge in [0.2, 0.25) is 5.91 Å². The van der Waals surface area contributed by atoms with E-state index in [4.69, 9.17) is 4.74 Å². The molecule has 0 spiro atoms. The third kappa shape index (κ3) is 10.4. The van der Waals surface area contributed by atoms with Gasteiger partial charge in [0.15, 0.2) is 0 Å². The Kier molecular flexibility index (Phi) is 13.5. The fourth-order valence-electron chi connectivity index (χ4n) is 3.41. The quantitative estimate of drug-likeness (QED) is 0.160. The van der Waals surface area contributed by atoms with Crippen LogP contribution in [0.25, 0.3) is 0 Å². The lowest BCUT2D eigenvalue weighted by Crippen LogP contribution is -2.63. The molecule has 0 radical (unpaired) electrons. The first kappa shape index (κ1) is 28.6. The van der Waals surface area contributed by atoms with Gasteiger partial charge in [-0.3, -0.25) is 9.36 Å². The summed E-state index contributed by atoms with van der Waals surface area (Å²) >= 11 is 1.01. The molecule has 31 heavy (non-hydrogen) atoms. The summed E-state index contributed by atoms with van der Waals surface area (Å²) in [6, 6.07) is -0.985. The highest BCUT2D eigenvalue weighted by Crippen LogP contribution is 2.47. The monoisotopic (exact) mass is 483 g/mol. The Morgan fingerprint density at radius 1 is 1.10 bits per heavy atom. The van der Waals surface area contributed by atoms with Gasteiger partial charge in [0.25, 0.3) is 0 Å². The maximum atomic E-state index is 11.9. The Balaban J connectivity index is 2.70. The van der Waals surface area contributed by atoms with Crippen molar-refractivity contribution in [1.82, 2.24) is 5.32 Å². The van der Waals surface area contributed by atoms with E-state index in [1.54, 1.807) is 6.08 Å². The lowest BCUT2D eigenvalue weighted by atomic mass is 9.98. The molecule has 0 aromatic carbocycles. The molecule has 1 rings (SSSR count). The van der Waals surface area contributed by atoms with Gasteiger partial charge in [-0.1, -0.05) is 51.5 Å². The number of rotatable bonds is 14. The van der Waals surface area contributed by atoms with E-state index >= 15 is 0 Å². The van der Waals surface area contributed by atoms with Crippen LogP contribution in [0, 0.1) is 0 Å². The lowest BCUT2D eigenvalue weighted by Gasteiger charge is -2.42. The molecule has 182 valence electrons. The third-order valence-corrected chi connectivity index (χ3v) is 7.72. The van der Waals surface area contributed by atoms with E-state index in [0.29, 0.717) is 6.42 Å². The van der Waals surface area contributed by atoms with Gasteiger partial charge in [0.1, 0.15) is 23.7 Å². The van der Waals surface area contributed by atoms with Gasteiger partial charge in [-0.2, -0.15) is 0 Å². The molecule has 11 heteroatoms. The minimum absolute atomic E-state index is 0.0326. The van der Waals surface area contributed by atoms with Crippen LogP contribution in [-0.2, 0) is 14.1 Å². The Morgan fingerprint density at radius 3 is 2.26 bits per heavy atom. The van der Waals surface area contributed by atoms with E-state index in [1.165, 1.54) is 32.6 Å². The van der Waals surface area contributed by atoms with E-state index in [0.717, 1.165) is 31.0 Å². The molecule has 1 heterocycles. The molecule has 1 aliphatic rings. The second-order valence-electron chi connectivity index (χ2n) is 7.89. The molecule has 1 aliphatic heterocycles. The smallest absolute Gasteiger partial charge is 0.352 e. The molecular formula is C20H38NO8PS. The number of aliphatic hydroxyl groups is 3. The number of thioether (sulfide) groups is 1. The number of carbonyl (C=O) groups excluding carboxylic acids is 1. The highest BCUT2D eigenvalue weighted by molar-refractivity contribution is 8.00. The van der Waals surface area contributed by atoms with Crippen LogP contribution < -0.4 is 5.32 Å². The first-order valence-corrected chi connectivity index (χ1v) is 13.5. The summed E-state index contributed by atoms with van der Waals surface area (Å²) in [4.78, 5) is 30.9. The number of carbonyl (C=O) groups is 1. The van der Waals surface area contributed by atoms with Gasteiger partial charge < -0.3 is 35.2 Å². The molecule has 0 unspecified atom stereocenters. The SMILES string of the molecule is CCCCCCCCC/C=C(/CS[C@@H]1O[C@H](CO)[C@@H](O)[C@H](O)[C@H]1NC(C)=O)P(=O)(O)O. The molecule has 1 fully saturated rings. The molecule has 0 saturated carbocycles. The van der Waals surface area contributed by atoms with Crippen LogP contribution in [0.15, 0.2) is 11.4 Å². The maximum Gasteiger partial charge on any atom is 0.352 e. The summed E-state index contributed by atoms with van der Waals surface area (Å²) in [5.74, 6) is -0.514. The molecule has 5 atom stereocenters. The van der Waals surface area contributed by atoms with Gasteiger partial charge in [0, 0.05) is 18.0 Å². The molecule has 1 amide bonds. The van der Waals surface area contributed by atoms with Crippen molar-refractivity contribution in [3.63, 3.8) is 0 Å². The van der Waals surface area contributed by atoms with Gasteiger partial charge >= 0.3 is 7.60 Å². The number of nitrogens with one attached hydrogen (secondary N) is 1. The van der Waals surface area contributed by atoms with Gasteiger partial charge in [-0.05, 0) is 12.8 Å². The number of aliphatic hydroxyl groups excluding tert-OH is 3. The predicted molar refractivity (Wildman–Crippen MR) is 121 cm³/mol. The predicted octanol–water partition coefficient (Wildman–Crippen LogP) is 1.87. The fourth-order valence-corrected chi connectivity index (χ4v) is 5.79. The number of amides is 1. The van der Waals surface area contributed by atoms with E-state index in [9.17, 15) is 34.5 Å². The minimum Gasteiger partial charge on any atom is -0.394 e. The molecule has 0 bridgehead atoms. The first-order valence-electron chi connectivity index (χ1n) is 10.9. The zero-order valence-electron chi connectivity index (χ0n) is 18.4. The summed E-state index contributed by atoms with van der Waals surface area (Å²) in [5.41, 5.74) is -0.895. The van der Waals surface area contributed by atoms with Crippen LogP contribution in [0.2, 0.25) is 0 Å². The maximum absolute atomic E-state index is 11.9. The zero-order chi connectivity index (χ0) is 23.4. The van der Waals surface area contributed by atoms with Crippen molar-refractivity contribution in [2.24, 2.45) is 0 Å². The van der Waals surface area contributed by atoms with Gasteiger partial charge in [-0.15, -0.1) is 11.8 Å². The number of allylic oxidation sites excluding steroid dienone is 1. The molecule has 0 aromatic heterocycles. The van der Waals surface area contributed by atoms with Crippen LogP contribution in [0.3, 0.4) is 0 Å². The van der Waals surface area contributed by atoms with Crippen molar-refractivity contribution in [2.75, 3.05) is 12.4 Å². The summed E-state index contributed by atoms with van der Waals surface area (Å²) in [7, 11) is -4.47. The van der Waals surface area contributed by atoms with E-state index in [-0.39, 0.29) is 11.1 Å². The molecule has 1 saturated heterocycles. The van der Waals surface area contributed by atoms with Gasteiger partial charge in [-0.25, -0.2) is 0 Å². The van der Waals surface area contributed by atoms with Crippen molar-refractivity contribution >= 4 is 25.3 Å². The van der Waals surface area contributed by atoms with E-state index < -0.39 is 49.9 Å². The van der Waals surface area contributed by atoms with Crippen molar-refractivity contribution in [3.8, 4) is 0 Å². The highest BCUT2D eigenvalue weighted by atomic mass is 32.2. The Labute approximate surface area is 188 Å². The molecule has 0 aromatic rings. The standard InChI is InChI=1S/C20H38NO8PS/c1-3-4-5-6-7-8-9-10-11-15(30(26,27)28)13-31-20-17(21-14(2)23)19(25)18(24)16(12-22)29-20/h11,16-20,22,24-25H,3-10,12-13H2,1-2H3,(H,21,23)(H2,26,27,28)/b15-11-/t16-,17-,18-,19-,20+/m1/s1. The normalized spacial score (nSPS) is 27.3. The summed E-state index contributed by atoms with van der Waals surface area (Å²) < 4.78 is 17.5. The van der Waals surface area contributed by atoms with Crippen LogP contribution >= 0.6 is 19.4 Å². The van der Waals surface area contributed by atoms with Crippen molar-refractivity contribution in [1.29, 1.82) is 0 Å². The molecular weight excluding hydrogens is 445 g/mol. The molecule has 0 aliphatic carbocycles. The Morgan fingerprint density at radius 2 is 1.71 bits per heavy atom. The lowest BCUT2D eigenvalue weighted by molar-refractivity contribution is -0.173. The topological polar surface area (TPSA) is 157 Å². The second kappa shape index (κ2) is 14.6. The van der Waals surface area contributed by atoms with Crippen molar-refractivity contribution < 1.29 is 39.2 Å². The largest absolute Gasteiger partial charge is 0.394 e. The van der Waals surface area contributed by atoms with Crippen molar-refractivity contribution in [3.05, 3.63) is 11.4 Å². The molecule has 6 N–H and O–H groups in total. The summed E-state index contributed by atoms with van der Waals surface area (Å²) in [6.45, 7) is 2.87. The zero-order valence-corrected chi connectivity index (χ0v) is 20.1. The fraction of sp³-hybridized carbons (Fsp3) is 0.850. The van der Waals surface area contributed by atoms with Crippen LogP contribution in [-0.4, -0.2) is 73.2 Å². The Bertz CT molecular complexity index is 614. The first-order chi connectivity index (χ1) is 14.6. The average Bonchev–Trinajstić information content (AvgIpc) is 2.69. The van der Waals surface area contributed by atoms with Gasteiger partial charge in [0.05, 0.1) is 12.6 Å². The minimum atomic E-state index is -4.47. The van der Waals surface area contributed by atoms with E-state index in [1.807, 2.05) is 0 Å². The van der Waals surface area contributed by atoms with E-state index in [2.05, 4.69) is 12.2 Å². The average molecular weight is 484 g/mol. The van der Waals surface area contributed by atoms with Crippen molar-refractivity contribution in [2.45, 2.75) is 95.0 Å². The van der Waals surface area contributed by atoms with Crippen LogP contribution in [0.5, 0.6) is 0 Å². The number of hydrogen-bond donors (Lipinski definition) is 6. The summed E-state index contributed by atoms with van der Waals surface area (Å²) in [5, 5.41) is 32.2. The van der Waals surface area contributed by atoms with Crippen LogP contribution in [0.4, 0.5) is 0 Å². The molecule has 9 nitrogen and oxygen atoms in total.